The highest BCUT2D eigenvalue weighted by molar-refractivity contribution is 5.79. The van der Waals surface area contributed by atoms with Gasteiger partial charge >= 0.3 is 0 Å². The van der Waals surface area contributed by atoms with Crippen LogP contribution in [-0.2, 0) is 17.8 Å². The Morgan fingerprint density at radius 2 is 1.70 bits per heavy atom. The van der Waals surface area contributed by atoms with Crippen molar-refractivity contribution in [2.75, 3.05) is 14.2 Å². The van der Waals surface area contributed by atoms with E-state index in [1.54, 1.807) is 14.2 Å². The van der Waals surface area contributed by atoms with Crippen molar-refractivity contribution in [2.24, 2.45) is 0 Å². The SMILES string of the molecule is COc1ccc(CC(=O)NCc2ccc(C)cc2)c(OC)c1C. The molecule has 1 N–H and O–H groups in total. The van der Waals surface area contributed by atoms with E-state index in [9.17, 15) is 4.79 Å². The second kappa shape index (κ2) is 7.68. The summed E-state index contributed by atoms with van der Waals surface area (Å²) in [7, 11) is 3.23. The van der Waals surface area contributed by atoms with Gasteiger partial charge in [0.25, 0.3) is 0 Å². The fraction of sp³-hybridized carbons (Fsp3) is 0.316. The van der Waals surface area contributed by atoms with Crippen molar-refractivity contribution in [3.05, 3.63) is 58.7 Å². The van der Waals surface area contributed by atoms with E-state index >= 15 is 0 Å². The van der Waals surface area contributed by atoms with Crippen molar-refractivity contribution >= 4 is 5.91 Å². The summed E-state index contributed by atoms with van der Waals surface area (Å²) in [5.74, 6) is 1.42. The first-order valence-electron chi connectivity index (χ1n) is 7.58. The third kappa shape index (κ3) is 4.25. The predicted octanol–water partition coefficient (Wildman–Crippen LogP) is 3.18. The van der Waals surface area contributed by atoms with E-state index in [1.165, 1.54) is 5.56 Å². The number of aryl methyl sites for hydroxylation is 1. The molecule has 2 rings (SSSR count). The summed E-state index contributed by atoms with van der Waals surface area (Å²) < 4.78 is 10.7. The van der Waals surface area contributed by atoms with Gasteiger partial charge in [-0.25, -0.2) is 0 Å². The summed E-state index contributed by atoms with van der Waals surface area (Å²) in [6, 6.07) is 11.9. The Morgan fingerprint density at radius 3 is 2.30 bits per heavy atom. The van der Waals surface area contributed by atoms with Gasteiger partial charge in [0.15, 0.2) is 0 Å². The van der Waals surface area contributed by atoms with Crippen LogP contribution in [0.2, 0.25) is 0 Å². The molecule has 0 spiro atoms. The minimum atomic E-state index is -0.0339. The van der Waals surface area contributed by atoms with Gasteiger partial charge in [0.2, 0.25) is 5.91 Å². The fourth-order valence-electron chi connectivity index (χ4n) is 2.52. The molecule has 4 heteroatoms. The molecule has 0 aromatic heterocycles. The average molecular weight is 313 g/mol. The van der Waals surface area contributed by atoms with Crippen LogP contribution in [0.5, 0.6) is 11.5 Å². The second-order valence-electron chi connectivity index (χ2n) is 5.52. The molecule has 0 unspecified atom stereocenters. The van der Waals surface area contributed by atoms with Crippen LogP contribution in [0.3, 0.4) is 0 Å². The van der Waals surface area contributed by atoms with Gasteiger partial charge in [-0.2, -0.15) is 0 Å². The summed E-state index contributed by atoms with van der Waals surface area (Å²) in [5, 5.41) is 2.94. The molecule has 4 nitrogen and oxygen atoms in total. The molecule has 0 saturated carbocycles. The van der Waals surface area contributed by atoms with E-state index in [4.69, 9.17) is 9.47 Å². The van der Waals surface area contributed by atoms with Crippen molar-refractivity contribution in [1.82, 2.24) is 5.32 Å². The minimum Gasteiger partial charge on any atom is -0.496 e. The lowest BCUT2D eigenvalue weighted by molar-refractivity contribution is -0.120. The van der Waals surface area contributed by atoms with Gasteiger partial charge in [-0.3, -0.25) is 4.79 Å². The number of ether oxygens (including phenoxy) is 2. The number of carbonyl (C=O) groups is 1. The Kier molecular flexibility index (Phi) is 5.63. The van der Waals surface area contributed by atoms with Crippen LogP contribution in [0.15, 0.2) is 36.4 Å². The normalized spacial score (nSPS) is 10.3. The molecule has 2 aromatic rings. The number of carbonyl (C=O) groups excluding carboxylic acids is 1. The third-order valence-electron chi connectivity index (χ3n) is 3.82. The number of rotatable bonds is 6. The first-order valence-corrected chi connectivity index (χ1v) is 7.58. The van der Waals surface area contributed by atoms with Crippen LogP contribution >= 0.6 is 0 Å². The van der Waals surface area contributed by atoms with E-state index in [0.29, 0.717) is 12.3 Å². The maximum absolute atomic E-state index is 12.2. The molecule has 0 aliphatic heterocycles. The van der Waals surface area contributed by atoms with Gasteiger partial charge in [-0.15, -0.1) is 0 Å². The number of methoxy groups -OCH3 is 2. The molecule has 122 valence electrons. The van der Waals surface area contributed by atoms with E-state index in [0.717, 1.165) is 22.4 Å². The summed E-state index contributed by atoms with van der Waals surface area (Å²) >= 11 is 0. The third-order valence-corrected chi connectivity index (χ3v) is 3.82. The average Bonchev–Trinajstić information content (AvgIpc) is 2.55. The number of benzene rings is 2. The minimum absolute atomic E-state index is 0.0339. The molecule has 0 atom stereocenters. The quantitative estimate of drug-likeness (QED) is 0.891. The summed E-state index contributed by atoms with van der Waals surface area (Å²) in [6.07, 6.45) is 0.278. The van der Waals surface area contributed by atoms with Crippen LogP contribution in [0, 0.1) is 13.8 Å². The highest BCUT2D eigenvalue weighted by Gasteiger charge is 2.14. The molecule has 0 radical (unpaired) electrons. The maximum Gasteiger partial charge on any atom is 0.224 e. The smallest absolute Gasteiger partial charge is 0.224 e. The Hall–Kier alpha value is -2.49. The van der Waals surface area contributed by atoms with Gasteiger partial charge < -0.3 is 14.8 Å². The van der Waals surface area contributed by atoms with E-state index in [1.807, 2.05) is 50.2 Å². The molecule has 0 aliphatic rings. The topological polar surface area (TPSA) is 47.6 Å². The molecular formula is C19H23NO3. The summed E-state index contributed by atoms with van der Waals surface area (Å²) in [6.45, 7) is 4.49. The van der Waals surface area contributed by atoms with E-state index < -0.39 is 0 Å². The Balaban J connectivity index is 2.02. The molecular weight excluding hydrogens is 290 g/mol. The van der Waals surface area contributed by atoms with Gasteiger partial charge in [-0.05, 0) is 25.5 Å². The first kappa shape index (κ1) is 16.9. The van der Waals surface area contributed by atoms with Gasteiger partial charge in [0.1, 0.15) is 11.5 Å². The fourth-order valence-corrected chi connectivity index (χ4v) is 2.52. The molecule has 0 fully saturated rings. The van der Waals surface area contributed by atoms with Crippen molar-refractivity contribution in [1.29, 1.82) is 0 Å². The zero-order valence-corrected chi connectivity index (χ0v) is 14.1. The summed E-state index contributed by atoms with van der Waals surface area (Å²) in [5.41, 5.74) is 4.05. The second-order valence-corrected chi connectivity index (χ2v) is 5.52. The Morgan fingerprint density at radius 1 is 1.00 bits per heavy atom. The standard InChI is InChI=1S/C19H23NO3/c1-13-5-7-15(8-6-13)12-20-18(21)11-16-9-10-17(22-3)14(2)19(16)23-4/h5-10H,11-12H2,1-4H3,(H,20,21). The molecule has 0 heterocycles. The lowest BCUT2D eigenvalue weighted by Gasteiger charge is -2.14. The largest absolute Gasteiger partial charge is 0.496 e. The van der Waals surface area contributed by atoms with Gasteiger partial charge in [0.05, 0.1) is 20.6 Å². The van der Waals surface area contributed by atoms with Crippen molar-refractivity contribution in [3.63, 3.8) is 0 Å². The number of amides is 1. The van der Waals surface area contributed by atoms with Crippen molar-refractivity contribution < 1.29 is 14.3 Å². The van der Waals surface area contributed by atoms with E-state index in [2.05, 4.69) is 5.32 Å². The highest BCUT2D eigenvalue weighted by atomic mass is 16.5. The zero-order chi connectivity index (χ0) is 16.8. The molecule has 23 heavy (non-hydrogen) atoms. The van der Waals surface area contributed by atoms with Crippen molar-refractivity contribution in [3.8, 4) is 11.5 Å². The van der Waals surface area contributed by atoms with Crippen LogP contribution in [0.4, 0.5) is 0 Å². The number of nitrogens with one attached hydrogen (secondary N) is 1. The summed E-state index contributed by atoms with van der Waals surface area (Å²) in [4.78, 5) is 12.2. The van der Waals surface area contributed by atoms with Crippen molar-refractivity contribution in [2.45, 2.75) is 26.8 Å². The van der Waals surface area contributed by atoms with Crippen LogP contribution in [0.25, 0.3) is 0 Å². The predicted molar refractivity (Wildman–Crippen MR) is 91.0 cm³/mol. The lowest BCUT2D eigenvalue weighted by atomic mass is 10.1. The molecule has 2 aromatic carbocycles. The highest BCUT2D eigenvalue weighted by Crippen LogP contribution is 2.31. The lowest BCUT2D eigenvalue weighted by Crippen LogP contribution is -2.24. The number of hydrogen-bond donors (Lipinski definition) is 1. The number of hydrogen-bond acceptors (Lipinski definition) is 3. The monoisotopic (exact) mass is 313 g/mol. The van der Waals surface area contributed by atoms with E-state index in [-0.39, 0.29) is 12.3 Å². The van der Waals surface area contributed by atoms with Gasteiger partial charge in [-0.1, -0.05) is 35.9 Å². The van der Waals surface area contributed by atoms with Crippen LogP contribution in [-0.4, -0.2) is 20.1 Å². The maximum atomic E-state index is 12.2. The first-order chi connectivity index (χ1) is 11.0. The Labute approximate surface area is 137 Å². The van der Waals surface area contributed by atoms with Crippen LogP contribution < -0.4 is 14.8 Å². The molecule has 0 saturated heterocycles. The zero-order valence-electron chi connectivity index (χ0n) is 14.1. The Bertz CT molecular complexity index is 678. The molecule has 0 aliphatic carbocycles. The molecule has 1 amide bonds. The van der Waals surface area contributed by atoms with Gasteiger partial charge in [0, 0.05) is 17.7 Å². The van der Waals surface area contributed by atoms with Crippen LogP contribution in [0.1, 0.15) is 22.3 Å². The molecule has 0 bridgehead atoms.